The molecular formula is C25H25N3OS. The summed E-state index contributed by atoms with van der Waals surface area (Å²) in [5.74, 6) is 0.365. The van der Waals surface area contributed by atoms with E-state index in [-0.39, 0.29) is 6.04 Å². The van der Waals surface area contributed by atoms with Crippen LogP contribution in [0.25, 0.3) is 10.9 Å². The second kappa shape index (κ2) is 6.88. The van der Waals surface area contributed by atoms with Gasteiger partial charge in [-0.25, -0.2) is 0 Å². The van der Waals surface area contributed by atoms with Crippen molar-refractivity contribution in [1.82, 2.24) is 14.1 Å². The van der Waals surface area contributed by atoms with Crippen LogP contribution in [0.3, 0.4) is 0 Å². The fraction of sp³-hybridized carbons (Fsp3) is 0.320. The van der Waals surface area contributed by atoms with E-state index in [1.807, 2.05) is 10.6 Å². The van der Waals surface area contributed by atoms with Crippen molar-refractivity contribution in [3.05, 3.63) is 81.9 Å². The van der Waals surface area contributed by atoms with Crippen LogP contribution < -0.4 is 0 Å². The number of nitrogens with zero attached hydrogens (tertiary/aromatic N) is 2. The summed E-state index contributed by atoms with van der Waals surface area (Å²) >= 11 is 6.02. The Balaban J connectivity index is 1.62. The van der Waals surface area contributed by atoms with Crippen molar-refractivity contribution >= 4 is 23.1 Å². The Hall–Kier alpha value is -2.79. The van der Waals surface area contributed by atoms with Crippen LogP contribution in [0.1, 0.15) is 66.7 Å². The summed E-state index contributed by atoms with van der Waals surface area (Å²) in [5, 5.41) is 12.6. The van der Waals surface area contributed by atoms with Gasteiger partial charge in [0.2, 0.25) is 5.88 Å². The quantitative estimate of drug-likeness (QED) is 0.335. The molecule has 1 atom stereocenters. The van der Waals surface area contributed by atoms with Crippen molar-refractivity contribution in [3.63, 3.8) is 0 Å². The van der Waals surface area contributed by atoms with E-state index in [1.165, 1.54) is 41.5 Å². The first-order valence-corrected chi connectivity index (χ1v) is 11.3. The molecule has 2 N–H and O–H groups in total. The van der Waals surface area contributed by atoms with Crippen LogP contribution in [-0.2, 0) is 6.42 Å². The molecule has 2 aromatic carbocycles. The van der Waals surface area contributed by atoms with Gasteiger partial charge in [-0.2, -0.15) is 0 Å². The van der Waals surface area contributed by atoms with E-state index in [0.29, 0.717) is 18.3 Å². The monoisotopic (exact) mass is 415 g/mol. The van der Waals surface area contributed by atoms with E-state index in [2.05, 4.69) is 58.1 Å². The van der Waals surface area contributed by atoms with Crippen molar-refractivity contribution in [2.75, 3.05) is 0 Å². The number of para-hydroxylation sites is 1. The van der Waals surface area contributed by atoms with Crippen molar-refractivity contribution < 1.29 is 5.11 Å². The third kappa shape index (κ3) is 2.54. The van der Waals surface area contributed by atoms with Gasteiger partial charge in [-0.15, -0.1) is 0 Å². The van der Waals surface area contributed by atoms with Crippen LogP contribution in [0.15, 0.2) is 54.6 Å². The molecule has 0 radical (unpaired) electrons. The molecule has 2 aromatic heterocycles. The lowest BCUT2D eigenvalue weighted by Gasteiger charge is -2.27. The Morgan fingerprint density at radius 3 is 2.43 bits per heavy atom. The minimum absolute atomic E-state index is 0.0550. The third-order valence-corrected chi connectivity index (χ3v) is 7.36. The first-order chi connectivity index (χ1) is 14.7. The van der Waals surface area contributed by atoms with Crippen LogP contribution >= 0.6 is 12.2 Å². The van der Waals surface area contributed by atoms with Crippen LogP contribution in [0, 0.1) is 4.77 Å². The van der Waals surface area contributed by atoms with Gasteiger partial charge in [0.1, 0.15) is 6.04 Å². The molecule has 5 heteroatoms. The van der Waals surface area contributed by atoms with E-state index in [9.17, 15) is 5.11 Å². The van der Waals surface area contributed by atoms with Gasteiger partial charge in [-0.1, -0.05) is 67.8 Å². The number of H-pyrrole nitrogens is 1. The summed E-state index contributed by atoms with van der Waals surface area (Å²) in [4.78, 5) is 3.68. The lowest BCUT2D eigenvalue weighted by Crippen LogP contribution is -2.22. The van der Waals surface area contributed by atoms with Gasteiger partial charge in [0, 0.05) is 29.1 Å². The van der Waals surface area contributed by atoms with Gasteiger partial charge in [0.05, 0.1) is 5.69 Å². The Kier molecular flexibility index (Phi) is 4.13. The molecule has 152 valence electrons. The third-order valence-electron chi connectivity index (χ3n) is 6.97. The SMILES string of the molecule is Oc1c2n(c(=S)n1C1CCCCC1)C(c1ccccc1)c1[nH]c3ccccc3c1C2. The van der Waals surface area contributed by atoms with Gasteiger partial charge < -0.3 is 14.7 Å². The highest BCUT2D eigenvalue weighted by atomic mass is 32.1. The zero-order valence-electron chi connectivity index (χ0n) is 16.8. The van der Waals surface area contributed by atoms with Crippen molar-refractivity contribution in [3.8, 4) is 5.88 Å². The summed E-state index contributed by atoms with van der Waals surface area (Å²) in [5.41, 5.74) is 5.72. The maximum atomic E-state index is 11.4. The summed E-state index contributed by atoms with van der Waals surface area (Å²) in [7, 11) is 0. The molecule has 30 heavy (non-hydrogen) atoms. The van der Waals surface area contributed by atoms with E-state index < -0.39 is 0 Å². The highest BCUT2D eigenvalue weighted by Crippen LogP contribution is 2.44. The molecule has 1 fully saturated rings. The van der Waals surface area contributed by atoms with Crippen LogP contribution in [0.2, 0.25) is 0 Å². The number of rotatable bonds is 2. The number of aromatic hydroxyl groups is 1. The molecule has 0 spiro atoms. The average molecular weight is 416 g/mol. The number of hydrogen-bond donors (Lipinski definition) is 2. The molecule has 0 bridgehead atoms. The lowest BCUT2D eigenvalue weighted by molar-refractivity contribution is 0.309. The van der Waals surface area contributed by atoms with Gasteiger partial charge in [-0.3, -0.25) is 4.57 Å². The van der Waals surface area contributed by atoms with Crippen LogP contribution in [0.5, 0.6) is 5.88 Å². The minimum atomic E-state index is -0.0550. The molecule has 4 aromatic rings. The zero-order valence-corrected chi connectivity index (χ0v) is 17.7. The number of imidazole rings is 1. The number of hydrogen-bond acceptors (Lipinski definition) is 2. The molecule has 4 nitrogen and oxygen atoms in total. The normalized spacial score (nSPS) is 19.0. The molecular weight excluding hydrogens is 390 g/mol. The first-order valence-electron chi connectivity index (χ1n) is 10.9. The molecule has 1 saturated carbocycles. The Morgan fingerprint density at radius 1 is 0.900 bits per heavy atom. The molecule has 2 aliphatic rings. The lowest BCUT2D eigenvalue weighted by atomic mass is 9.93. The second-order valence-electron chi connectivity index (χ2n) is 8.64. The molecule has 6 rings (SSSR count). The fourth-order valence-electron chi connectivity index (χ4n) is 5.56. The van der Waals surface area contributed by atoms with E-state index in [1.54, 1.807) is 0 Å². The topological polar surface area (TPSA) is 45.9 Å². The predicted molar refractivity (Wildman–Crippen MR) is 122 cm³/mol. The van der Waals surface area contributed by atoms with Gasteiger partial charge in [-0.05, 0) is 42.3 Å². The molecule has 1 aliphatic carbocycles. The van der Waals surface area contributed by atoms with Crippen molar-refractivity contribution in [1.29, 1.82) is 0 Å². The van der Waals surface area contributed by atoms with Crippen molar-refractivity contribution in [2.45, 2.75) is 50.6 Å². The summed E-state index contributed by atoms with van der Waals surface area (Å²) < 4.78 is 4.99. The average Bonchev–Trinajstić information content (AvgIpc) is 3.28. The fourth-order valence-corrected chi connectivity index (χ4v) is 6.01. The molecule has 0 saturated heterocycles. The Labute approximate surface area is 180 Å². The Bertz CT molecular complexity index is 1290. The number of benzene rings is 2. The van der Waals surface area contributed by atoms with Gasteiger partial charge in [0.25, 0.3) is 0 Å². The highest BCUT2D eigenvalue weighted by Gasteiger charge is 2.35. The number of nitrogens with one attached hydrogen (secondary N) is 1. The first kappa shape index (κ1) is 18.0. The molecule has 1 unspecified atom stereocenters. The number of aromatic amines is 1. The molecule has 1 aliphatic heterocycles. The largest absolute Gasteiger partial charge is 0.493 e. The summed E-state index contributed by atoms with van der Waals surface area (Å²) in [6, 6.07) is 19.2. The van der Waals surface area contributed by atoms with Gasteiger partial charge >= 0.3 is 0 Å². The highest BCUT2D eigenvalue weighted by molar-refractivity contribution is 7.71. The summed E-state index contributed by atoms with van der Waals surface area (Å²) in [6.45, 7) is 0. The Morgan fingerprint density at radius 2 is 1.63 bits per heavy atom. The number of aromatic nitrogens is 3. The van der Waals surface area contributed by atoms with Crippen LogP contribution in [-0.4, -0.2) is 19.2 Å². The standard InChI is InChI=1S/C25H25N3OS/c29-24-21-15-19-18-13-7-8-14-20(18)26-22(19)23(16-9-3-1-4-10-16)28(21)25(30)27(24)17-11-5-2-6-12-17/h1,3-4,7-10,13-14,17,23,26,29H,2,5-6,11-12,15H2. The van der Waals surface area contributed by atoms with E-state index in [4.69, 9.17) is 12.2 Å². The molecule has 3 heterocycles. The summed E-state index contributed by atoms with van der Waals surface area (Å²) in [6.07, 6.45) is 6.57. The maximum absolute atomic E-state index is 11.4. The van der Waals surface area contributed by atoms with E-state index in [0.717, 1.165) is 28.8 Å². The minimum Gasteiger partial charge on any atom is -0.493 e. The smallest absolute Gasteiger partial charge is 0.214 e. The van der Waals surface area contributed by atoms with E-state index >= 15 is 0 Å². The van der Waals surface area contributed by atoms with Crippen LogP contribution in [0.4, 0.5) is 0 Å². The zero-order chi connectivity index (χ0) is 20.2. The van der Waals surface area contributed by atoms with Crippen molar-refractivity contribution in [2.24, 2.45) is 0 Å². The number of fused-ring (bicyclic) bond motifs is 4. The second-order valence-corrected chi connectivity index (χ2v) is 9.00. The maximum Gasteiger partial charge on any atom is 0.214 e. The molecule has 0 amide bonds. The predicted octanol–water partition coefficient (Wildman–Crippen LogP) is 6.25. The van der Waals surface area contributed by atoms with Gasteiger partial charge in [0.15, 0.2) is 4.77 Å².